The van der Waals surface area contributed by atoms with Gasteiger partial charge in [-0.05, 0) is 32.0 Å². The Kier molecular flexibility index (Phi) is 4.95. The molecular weight excluding hydrogens is 352 g/mol. The smallest absolute Gasteiger partial charge is 0.272 e. The molecule has 0 spiro atoms. The van der Waals surface area contributed by atoms with Gasteiger partial charge in [0.05, 0.1) is 11.4 Å². The van der Waals surface area contributed by atoms with Crippen LogP contribution in [0.1, 0.15) is 72.8 Å². The van der Waals surface area contributed by atoms with Crippen LogP contribution in [0.4, 0.5) is 0 Å². The van der Waals surface area contributed by atoms with Crippen LogP contribution in [0.3, 0.4) is 0 Å². The van der Waals surface area contributed by atoms with Crippen molar-refractivity contribution in [3.63, 3.8) is 0 Å². The zero-order valence-electron chi connectivity index (χ0n) is 17.3. The van der Waals surface area contributed by atoms with E-state index >= 15 is 0 Å². The monoisotopic (exact) mass is 382 g/mol. The zero-order valence-corrected chi connectivity index (χ0v) is 17.3. The highest BCUT2D eigenvalue weighted by atomic mass is 16.2. The van der Waals surface area contributed by atoms with Gasteiger partial charge >= 0.3 is 0 Å². The van der Waals surface area contributed by atoms with Crippen molar-refractivity contribution < 1.29 is 4.79 Å². The van der Waals surface area contributed by atoms with Crippen molar-refractivity contribution in [2.24, 2.45) is 7.05 Å². The van der Waals surface area contributed by atoms with Gasteiger partial charge in [0, 0.05) is 49.7 Å². The van der Waals surface area contributed by atoms with Crippen molar-refractivity contribution in [1.82, 2.24) is 30.0 Å². The maximum absolute atomic E-state index is 13.1. The van der Waals surface area contributed by atoms with Crippen LogP contribution in [-0.2, 0) is 25.4 Å². The second kappa shape index (κ2) is 7.28. The molecule has 0 saturated carbocycles. The summed E-state index contributed by atoms with van der Waals surface area (Å²) in [4.78, 5) is 24.5. The molecule has 1 N–H and O–H groups in total. The van der Waals surface area contributed by atoms with Gasteiger partial charge in [0.25, 0.3) is 5.91 Å². The Bertz CT molecular complexity index is 876. The molecule has 28 heavy (non-hydrogen) atoms. The van der Waals surface area contributed by atoms with Gasteiger partial charge in [0.1, 0.15) is 11.5 Å². The standard InChI is InChI=1S/C21H30N6O/c1-21(2,3)18-11-17(26(4)25-18)20(28)27-10-7-16-15(13-27)12-23-19(24-16)14-5-8-22-9-6-14/h11-12,14,22H,5-10,13H2,1-4H3. The van der Waals surface area contributed by atoms with Gasteiger partial charge in [0.2, 0.25) is 0 Å². The van der Waals surface area contributed by atoms with Gasteiger partial charge in [-0.1, -0.05) is 20.8 Å². The average molecular weight is 383 g/mol. The third-order valence-electron chi connectivity index (χ3n) is 5.81. The summed E-state index contributed by atoms with van der Waals surface area (Å²) < 4.78 is 1.70. The molecule has 2 aliphatic rings. The third kappa shape index (κ3) is 3.68. The summed E-state index contributed by atoms with van der Waals surface area (Å²) in [6.45, 7) is 9.65. The number of aromatic nitrogens is 4. The topological polar surface area (TPSA) is 75.9 Å². The van der Waals surface area contributed by atoms with E-state index in [4.69, 9.17) is 4.98 Å². The first-order valence-corrected chi connectivity index (χ1v) is 10.2. The molecule has 0 aromatic carbocycles. The number of amides is 1. The van der Waals surface area contributed by atoms with Crippen LogP contribution in [0.2, 0.25) is 0 Å². The van der Waals surface area contributed by atoms with Crippen LogP contribution in [0, 0.1) is 0 Å². The van der Waals surface area contributed by atoms with E-state index in [2.05, 4.69) is 36.2 Å². The minimum atomic E-state index is -0.0797. The summed E-state index contributed by atoms with van der Waals surface area (Å²) in [5.74, 6) is 1.46. The molecule has 2 aromatic rings. The predicted octanol–water partition coefficient (Wildman–Crippen LogP) is 2.17. The van der Waals surface area contributed by atoms with Crippen LogP contribution < -0.4 is 5.32 Å². The van der Waals surface area contributed by atoms with Crippen LogP contribution in [0.5, 0.6) is 0 Å². The Labute approximate surface area is 166 Å². The number of nitrogens with zero attached hydrogens (tertiary/aromatic N) is 5. The van der Waals surface area contributed by atoms with Crippen molar-refractivity contribution in [2.75, 3.05) is 19.6 Å². The Balaban J connectivity index is 1.51. The first kappa shape index (κ1) is 19.1. The number of carbonyl (C=O) groups is 1. The molecule has 0 unspecified atom stereocenters. The fraction of sp³-hybridized carbons (Fsp3) is 0.619. The van der Waals surface area contributed by atoms with E-state index in [1.54, 1.807) is 4.68 Å². The van der Waals surface area contributed by atoms with Crippen LogP contribution in [0.15, 0.2) is 12.3 Å². The van der Waals surface area contributed by atoms with Gasteiger partial charge < -0.3 is 10.2 Å². The summed E-state index contributed by atoms with van der Waals surface area (Å²) in [6, 6.07) is 1.93. The minimum absolute atomic E-state index is 0.0265. The number of aryl methyl sites for hydroxylation is 1. The van der Waals surface area contributed by atoms with E-state index in [0.29, 0.717) is 24.7 Å². The fourth-order valence-corrected chi connectivity index (χ4v) is 3.98. The number of rotatable bonds is 2. The number of piperidine rings is 1. The van der Waals surface area contributed by atoms with Gasteiger partial charge in [-0.2, -0.15) is 5.10 Å². The maximum atomic E-state index is 13.1. The van der Waals surface area contributed by atoms with Crippen molar-refractivity contribution in [2.45, 2.75) is 57.9 Å². The van der Waals surface area contributed by atoms with E-state index < -0.39 is 0 Å². The van der Waals surface area contributed by atoms with E-state index in [9.17, 15) is 4.79 Å². The summed E-state index contributed by atoms with van der Waals surface area (Å²) in [6.07, 6.45) is 4.91. The number of fused-ring (bicyclic) bond motifs is 1. The maximum Gasteiger partial charge on any atom is 0.272 e. The highest BCUT2D eigenvalue weighted by Gasteiger charge is 2.28. The van der Waals surface area contributed by atoms with E-state index in [1.807, 2.05) is 24.2 Å². The number of nitrogens with one attached hydrogen (secondary N) is 1. The molecule has 0 aliphatic carbocycles. The van der Waals surface area contributed by atoms with Gasteiger partial charge in [-0.25, -0.2) is 9.97 Å². The van der Waals surface area contributed by atoms with Gasteiger partial charge in [-0.3, -0.25) is 9.48 Å². The SMILES string of the molecule is Cn1nc(C(C)(C)C)cc1C(=O)N1CCc2nc(C3CCNCC3)ncc2C1. The number of hydrogen-bond acceptors (Lipinski definition) is 5. The molecule has 4 rings (SSSR count). The van der Waals surface area contributed by atoms with Crippen molar-refractivity contribution in [1.29, 1.82) is 0 Å². The zero-order chi connectivity index (χ0) is 19.9. The highest BCUT2D eigenvalue weighted by molar-refractivity contribution is 5.92. The number of carbonyl (C=O) groups excluding carboxylic acids is 1. The lowest BCUT2D eigenvalue weighted by atomic mass is 9.92. The fourth-order valence-electron chi connectivity index (χ4n) is 3.98. The minimum Gasteiger partial charge on any atom is -0.332 e. The first-order valence-electron chi connectivity index (χ1n) is 10.2. The average Bonchev–Trinajstić information content (AvgIpc) is 3.09. The quantitative estimate of drug-likeness (QED) is 0.862. The normalized spacial score (nSPS) is 18.2. The molecule has 0 bridgehead atoms. The predicted molar refractivity (Wildman–Crippen MR) is 107 cm³/mol. The molecule has 7 heteroatoms. The Morgan fingerprint density at radius 3 is 2.68 bits per heavy atom. The first-order chi connectivity index (χ1) is 13.3. The second-order valence-electron chi connectivity index (χ2n) is 8.99. The lowest BCUT2D eigenvalue weighted by molar-refractivity contribution is 0.0722. The van der Waals surface area contributed by atoms with E-state index in [0.717, 1.165) is 55.1 Å². The van der Waals surface area contributed by atoms with E-state index in [1.165, 1.54) is 0 Å². The number of hydrogen-bond donors (Lipinski definition) is 1. The summed E-state index contributed by atoms with van der Waals surface area (Å²) in [5, 5.41) is 7.93. The molecule has 2 aliphatic heterocycles. The third-order valence-corrected chi connectivity index (χ3v) is 5.81. The lowest BCUT2D eigenvalue weighted by Gasteiger charge is -2.29. The van der Waals surface area contributed by atoms with Crippen molar-refractivity contribution in [3.8, 4) is 0 Å². The Hall–Kier alpha value is -2.28. The molecule has 150 valence electrons. The van der Waals surface area contributed by atoms with Crippen molar-refractivity contribution in [3.05, 3.63) is 40.7 Å². The van der Waals surface area contributed by atoms with E-state index in [-0.39, 0.29) is 11.3 Å². The Morgan fingerprint density at radius 2 is 2.00 bits per heavy atom. The molecule has 4 heterocycles. The van der Waals surface area contributed by atoms with Crippen LogP contribution >= 0.6 is 0 Å². The Morgan fingerprint density at radius 1 is 1.25 bits per heavy atom. The summed E-state index contributed by atoms with van der Waals surface area (Å²) >= 11 is 0. The molecule has 2 aromatic heterocycles. The second-order valence-corrected chi connectivity index (χ2v) is 8.99. The molecule has 1 amide bonds. The van der Waals surface area contributed by atoms with Crippen LogP contribution in [-0.4, -0.2) is 50.2 Å². The highest BCUT2D eigenvalue weighted by Crippen LogP contribution is 2.26. The molecule has 0 atom stereocenters. The molecule has 7 nitrogen and oxygen atoms in total. The molecular formula is C21H30N6O. The van der Waals surface area contributed by atoms with Crippen molar-refractivity contribution >= 4 is 5.91 Å². The summed E-state index contributed by atoms with van der Waals surface area (Å²) in [7, 11) is 1.84. The van der Waals surface area contributed by atoms with Gasteiger partial charge in [-0.15, -0.1) is 0 Å². The lowest BCUT2D eigenvalue weighted by Crippen LogP contribution is -2.37. The molecule has 0 radical (unpaired) electrons. The van der Waals surface area contributed by atoms with Crippen LogP contribution in [0.25, 0.3) is 0 Å². The molecule has 1 saturated heterocycles. The van der Waals surface area contributed by atoms with Gasteiger partial charge in [0.15, 0.2) is 0 Å². The molecule has 1 fully saturated rings. The largest absolute Gasteiger partial charge is 0.332 e. The summed E-state index contributed by atoms with van der Waals surface area (Å²) in [5.41, 5.74) is 3.67.